The van der Waals surface area contributed by atoms with E-state index in [9.17, 15) is 13.6 Å². The summed E-state index contributed by atoms with van der Waals surface area (Å²) in [6, 6.07) is 10.2. The minimum atomic E-state index is -2.63. The van der Waals surface area contributed by atoms with Gasteiger partial charge >= 0.3 is 0 Å². The van der Waals surface area contributed by atoms with E-state index in [1.54, 1.807) is 31.3 Å². The van der Waals surface area contributed by atoms with Crippen molar-refractivity contribution >= 4 is 5.91 Å². The Bertz CT molecular complexity index is 778. The molecule has 0 aliphatic carbocycles. The lowest BCUT2D eigenvalue weighted by molar-refractivity contribution is -0.119. The molecule has 0 atom stereocenters. The van der Waals surface area contributed by atoms with Gasteiger partial charge in [0, 0.05) is 12.6 Å². The van der Waals surface area contributed by atoms with Crippen LogP contribution in [0.2, 0.25) is 0 Å². The lowest BCUT2D eigenvalue weighted by Gasteiger charge is -2.17. The van der Waals surface area contributed by atoms with E-state index < -0.39 is 6.43 Å². The Balaban J connectivity index is 2.32. The lowest BCUT2D eigenvalue weighted by atomic mass is 10.0. The third kappa shape index (κ3) is 5.42. The Kier molecular flexibility index (Phi) is 7.58. The second-order valence-corrected chi connectivity index (χ2v) is 5.99. The van der Waals surface area contributed by atoms with E-state index in [1.165, 1.54) is 6.07 Å². The summed E-state index contributed by atoms with van der Waals surface area (Å²) < 4.78 is 38.2. The van der Waals surface area contributed by atoms with Crippen molar-refractivity contribution in [3.63, 3.8) is 0 Å². The van der Waals surface area contributed by atoms with E-state index in [-0.39, 0.29) is 30.2 Å². The van der Waals surface area contributed by atoms with Crippen molar-refractivity contribution in [2.75, 3.05) is 13.7 Å². The van der Waals surface area contributed by atoms with Crippen molar-refractivity contribution in [2.45, 2.75) is 39.7 Å². The molecule has 4 nitrogen and oxygen atoms in total. The van der Waals surface area contributed by atoms with Crippen molar-refractivity contribution in [1.82, 2.24) is 5.32 Å². The van der Waals surface area contributed by atoms with Gasteiger partial charge in [0.25, 0.3) is 6.43 Å². The number of hydrogen-bond donors (Lipinski definition) is 1. The number of carbonyl (C=O) groups excluding carboxylic acids is 1. The molecular weight excluding hydrogens is 352 g/mol. The predicted octanol–water partition coefficient (Wildman–Crippen LogP) is 4.45. The average molecular weight is 377 g/mol. The van der Waals surface area contributed by atoms with Gasteiger partial charge in [0.15, 0.2) is 0 Å². The zero-order chi connectivity index (χ0) is 19.8. The molecule has 0 heterocycles. The summed E-state index contributed by atoms with van der Waals surface area (Å²) in [4.78, 5) is 11.8. The Morgan fingerprint density at radius 1 is 1.11 bits per heavy atom. The highest BCUT2D eigenvalue weighted by atomic mass is 19.3. The zero-order valence-electron chi connectivity index (χ0n) is 15.9. The Morgan fingerprint density at radius 2 is 1.89 bits per heavy atom. The number of hydrogen-bond acceptors (Lipinski definition) is 3. The highest BCUT2D eigenvalue weighted by Gasteiger charge is 2.17. The van der Waals surface area contributed by atoms with Crippen molar-refractivity contribution in [3.8, 4) is 11.5 Å². The molecule has 0 saturated carbocycles. The standard InChI is InChI=1S/C21H25F2NO3/c1-4-14-9-10-19(16(11-14)21(22)23)27-13-17-15(12-20(25)24-3)7-6-8-18(17)26-5-2/h6-11,21H,4-5,12-13H2,1-3H3,(H,24,25). The number of likely N-dealkylation sites (N-methyl/N-ethyl adjacent to an activating group) is 1. The maximum atomic E-state index is 13.4. The first-order valence-electron chi connectivity index (χ1n) is 8.98. The number of benzene rings is 2. The first-order chi connectivity index (χ1) is 13.0. The molecule has 27 heavy (non-hydrogen) atoms. The summed E-state index contributed by atoms with van der Waals surface area (Å²) in [5.74, 6) is 0.576. The van der Waals surface area contributed by atoms with E-state index in [2.05, 4.69) is 5.32 Å². The van der Waals surface area contributed by atoms with Crippen LogP contribution in [0.1, 0.15) is 42.5 Å². The Morgan fingerprint density at radius 3 is 2.52 bits per heavy atom. The number of nitrogens with one attached hydrogen (secondary N) is 1. The normalized spacial score (nSPS) is 10.7. The second kappa shape index (κ2) is 9.90. The third-order valence-corrected chi connectivity index (χ3v) is 4.25. The maximum Gasteiger partial charge on any atom is 0.267 e. The highest BCUT2D eigenvalue weighted by molar-refractivity contribution is 5.78. The van der Waals surface area contributed by atoms with Crippen LogP contribution in [0.15, 0.2) is 36.4 Å². The molecule has 0 aliphatic heterocycles. The predicted molar refractivity (Wildman–Crippen MR) is 100 cm³/mol. The van der Waals surface area contributed by atoms with E-state index in [0.29, 0.717) is 24.3 Å². The molecule has 0 bridgehead atoms. The van der Waals surface area contributed by atoms with Crippen LogP contribution in [0, 0.1) is 0 Å². The fraction of sp³-hybridized carbons (Fsp3) is 0.381. The maximum absolute atomic E-state index is 13.4. The minimum absolute atomic E-state index is 0.0354. The molecule has 0 aromatic heterocycles. The minimum Gasteiger partial charge on any atom is -0.493 e. The largest absolute Gasteiger partial charge is 0.493 e. The first-order valence-corrected chi connectivity index (χ1v) is 8.98. The van der Waals surface area contributed by atoms with Crippen molar-refractivity contribution in [3.05, 3.63) is 58.7 Å². The number of halogens is 2. The number of alkyl halides is 2. The van der Waals surface area contributed by atoms with Crippen LogP contribution >= 0.6 is 0 Å². The van der Waals surface area contributed by atoms with Crippen LogP contribution in [0.4, 0.5) is 8.78 Å². The molecule has 0 spiro atoms. The molecule has 6 heteroatoms. The van der Waals surface area contributed by atoms with Crippen LogP contribution in [0.5, 0.6) is 11.5 Å². The number of rotatable bonds is 9. The molecule has 1 amide bonds. The number of carbonyl (C=O) groups is 1. The second-order valence-electron chi connectivity index (χ2n) is 5.99. The van der Waals surface area contributed by atoms with Crippen LogP contribution in [0.3, 0.4) is 0 Å². The van der Waals surface area contributed by atoms with Gasteiger partial charge in [-0.3, -0.25) is 4.79 Å². The number of amides is 1. The molecule has 2 rings (SSSR count). The van der Waals surface area contributed by atoms with Crippen LogP contribution in [-0.2, 0) is 24.2 Å². The third-order valence-electron chi connectivity index (χ3n) is 4.25. The van der Waals surface area contributed by atoms with Gasteiger partial charge < -0.3 is 14.8 Å². The quantitative estimate of drug-likeness (QED) is 0.702. The molecule has 0 unspecified atom stereocenters. The molecule has 146 valence electrons. The van der Waals surface area contributed by atoms with Gasteiger partial charge in [-0.05, 0) is 42.7 Å². The molecule has 0 radical (unpaired) electrons. The zero-order valence-corrected chi connectivity index (χ0v) is 15.9. The summed E-state index contributed by atoms with van der Waals surface area (Å²) in [7, 11) is 1.56. The van der Waals surface area contributed by atoms with Gasteiger partial charge in [-0.25, -0.2) is 8.78 Å². The van der Waals surface area contributed by atoms with E-state index in [4.69, 9.17) is 9.47 Å². The fourth-order valence-electron chi connectivity index (χ4n) is 2.76. The fourth-order valence-corrected chi connectivity index (χ4v) is 2.76. The first kappa shape index (κ1) is 20.7. The van der Waals surface area contributed by atoms with Gasteiger partial charge in [0.2, 0.25) is 5.91 Å². The van der Waals surface area contributed by atoms with Crippen LogP contribution in [0.25, 0.3) is 0 Å². The smallest absolute Gasteiger partial charge is 0.267 e. The molecule has 0 fully saturated rings. The monoisotopic (exact) mass is 377 g/mol. The summed E-state index contributed by atoms with van der Waals surface area (Å²) >= 11 is 0. The molecule has 2 aromatic carbocycles. The van der Waals surface area contributed by atoms with Gasteiger partial charge in [0.05, 0.1) is 18.6 Å². The van der Waals surface area contributed by atoms with Crippen molar-refractivity contribution in [2.24, 2.45) is 0 Å². The summed E-state index contributed by atoms with van der Waals surface area (Å²) in [5, 5.41) is 2.58. The SMILES string of the molecule is CCOc1cccc(CC(=O)NC)c1COc1ccc(CC)cc1C(F)F. The lowest BCUT2D eigenvalue weighted by Crippen LogP contribution is -2.21. The molecule has 0 saturated heterocycles. The van der Waals surface area contributed by atoms with Crippen LogP contribution in [-0.4, -0.2) is 19.6 Å². The summed E-state index contributed by atoms with van der Waals surface area (Å²) in [5.41, 5.74) is 2.12. The summed E-state index contributed by atoms with van der Waals surface area (Å²) in [6.45, 7) is 4.25. The van der Waals surface area contributed by atoms with Gasteiger partial charge in [0.1, 0.15) is 18.1 Å². The highest BCUT2D eigenvalue weighted by Crippen LogP contribution is 2.32. The average Bonchev–Trinajstić information content (AvgIpc) is 2.67. The topological polar surface area (TPSA) is 47.6 Å². The van der Waals surface area contributed by atoms with Gasteiger partial charge in [-0.1, -0.05) is 25.1 Å². The molecule has 0 aliphatic rings. The van der Waals surface area contributed by atoms with Crippen molar-refractivity contribution in [1.29, 1.82) is 0 Å². The molecule has 2 aromatic rings. The Hall–Kier alpha value is -2.63. The van der Waals surface area contributed by atoms with Gasteiger partial charge in [-0.2, -0.15) is 0 Å². The number of aryl methyl sites for hydroxylation is 1. The van der Waals surface area contributed by atoms with Gasteiger partial charge in [-0.15, -0.1) is 0 Å². The molecule has 1 N–H and O–H groups in total. The van der Waals surface area contributed by atoms with Crippen LogP contribution < -0.4 is 14.8 Å². The number of ether oxygens (including phenoxy) is 2. The molecular formula is C21H25F2NO3. The van der Waals surface area contributed by atoms with E-state index in [0.717, 1.165) is 11.1 Å². The van der Waals surface area contributed by atoms with Crippen molar-refractivity contribution < 1.29 is 23.0 Å². The van der Waals surface area contributed by atoms with E-state index in [1.807, 2.05) is 19.9 Å². The summed E-state index contributed by atoms with van der Waals surface area (Å²) in [6.07, 6.45) is -1.80. The van der Waals surface area contributed by atoms with E-state index >= 15 is 0 Å². The Labute approximate surface area is 158 Å².